The Balaban J connectivity index is 1.81. The predicted octanol–water partition coefficient (Wildman–Crippen LogP) is 3.99. The second-order valence-electron chi connectivity index (χ2n) is 7.99. The molecular weight excluding hydrogens is 397 g/mol. The molecule has 1 saturated heterocycles. The summed E-state index contributed by atoms with van der Waals surface area (Å²) >= 11 is 12.0. The highest BCUT2D eigenvalue weighted by molar-refractivity contribution is 6.36. The third kappa shape index (κ3) is 6.94. The number of nitrogens with zero attached hydrogens (tertiary/aromatic N) is 1. The van der Waals surface area contributed by atoms with Crippen molar-refractivity contribution in [1.29, 1.82) is 0 Å². The third-order valence-electron chi connectivity index (χ3n) is 5.24. The molecule has 7 heteroatoms. The molecule has 0 spiro atoms. The van der Waals surface area contributed by atoms with Crippen LogP contribution in [-0.4, -0.2) is 48.9 Å². The van der Waals surface area contributed by atoms with Gasteiger partial charge in [-0.1, -0.05) is 44.0 Å². The molecule has 0 aliphatic carbocycles. The standard InChI is InChI=1S/C21H31Cl2N3O2/c1-14(2)19(25-20(27)17-6-5-16(22)13-18(17)23)21(28)24-9-4-10-26-11-7-15(3)8-12-26/h5-6,13-15,19H,4,7-12H2,1-3H3,(H,24,28)(H,25,27)/t19-/m0/s1. The van der Waals surface area contributed by atoms with Gasteiger partial charge >= 0.3 is 0 Å². The topological polar surface area (TPSA) is 61.4 Å². The van der Waals surface area contributed by atoms with E-state index >= 15 is 0 Å². The lowest BCUT2D eigenvalue weighted by Gasteiger charge is -2.30. The number of benzene rings is 1. The van der Waals surface area contributed by atoms with Gasteiger partial charge in [-0.05, 0) is 68.9 Å². The van der Waals surface area contributed by atoms with Crippen LogP contribution in [0.25, 0.3) is 0 Å². The van der Waals surface area contributed by atoms with Crippen LogP contribution in [0.15, 0.2) is 18.2 Å². The van der Waals surface area contributed by atoms with Gasteiger partial charge in [0.15, 0.2) is 0 Å². The third-order valence-corrected chi connectivity index (χ3v) is 5.79. The van der Waals surface area contributed by atoms with Crippen LogP contribution >= 0.6 is 23.2 Å². The Bertz CT molecular complexity index is 674. The van der Waals surface area contributed by atoms with Crippen molar-refractivity contribution in [3.8, 4) is 0 Å². The first-order valence-electron chi connectivity index (χ1n) is 10.0. The van der Waals surface area contributed by atoms with E-state index in [1.807, 2.05) is 13.8 Å². The Kier molecular flexibility index (Phi) is 9.06. The summed E-state index contributed by atoms with van der Waals surface area (Å²) in [4.78, 5) is 27.6. The molecule has 2 N–H and O–H groups in total. The molecular formula is C21H31Cl2N3O2. The number of carbonyl (C=O) groups excluding carboxylic acids is 2. The van der Waals surface area contributed by atoms with Crippen molar-refractivity contribution < 1.29 is 9.59 Å². The number of nitrogens with one attached hydrogen (secondary N) is 2. The molecule has 1 aliphatic heterocycles. The number of piperidine rings is 1. The van der Waals surface area contributed by atoms with Crippen LogP contribution in [-0.2, 0) is 4.79 Å². The molecule has 1 aliphatic rings. The first-order chi connectivity index (χ1) is 13.3. The van der Waals surface area contributed by atoms with Gasteiger partial charge < -0.3 is 15.5 Å². The SMILES string of the molecule is CC1CCN(CCCNC(=O)[C@@H](NC(=O)c2ccc(Cl)cc2Cl)C(C)C)CC1. The fourth-order valence-electron chi connectivity index (χ4n) is 3.34. The maximum absolute atomic E-state index is 12.6. The van der Waals surface area contributed by atoms with Gasteiger partial charge in [-0.3, -0.25) is 9.59 Å². The fraction of sp³-hybridized carbons (Fsp3) is 0.619. The molecule has 5 nitrogen and oxygen atoms in total. The van der Waals surface area contributed by atoms with Crippen molar-refractivity contribution in [3.05, 3.63) is 33.8 Å². The lowest BCUT2D eigenvalue weighted by Crippen LogP contribution is -2.50. The quantitative estimate of drug-likeness (QED) is 0.616. The Labute approximate surface area is 178 Å². The number of carbonyl (C=O) groups is 2. The van der Waals surface area contributed by atoms with Crippen LogP contribution in [0.4, 0.5) is 0 Å². The molecule has 1 aromatic carbocycles. The molecule has 0 unspecified atom stereocenters. The van der Waals surface area contributed by atoms with Gasteiger partial charge in [0.1, 0.15) is 6.04 Å². The molecule has 1 aromatic rings. The Morgan fingerprint density at radius 1 is 1.21 bits per heavy atom. The van der Waals surface area contributed by atoms with Crippen molar-refractivity contribution in [2.45, 2.75) is 46.1 Å². The smallest absolute Gasteiger partial charge is 0.253 e. The van der Waals surface area contributed by atoms with Crippen molar-refractivity contribution in [2.75, 3.05) is 26.2 Å². The van der Waals surface area contributed by atoms with Gasteiger partial charge in [0.2, 0.25) is 5.91 Å². The summed E-state index contributed by atoms with van der Waals surface area (Å²) in [5.41, 5.74) is 0.309. The normalized spacial score (nSPS) is 16.8. The van der Waals surface area contributed by atoms with E-state index in [1.54, 1.807) is 12.1 Å². The van der Waals surface area contributed by atoms with E-state index in [4.69, 9.17) is 23.2 Å². The molecule has 1 fully saturated rings. The number of rotatable bonds is 8. The zero-order valence-electron chi connectivity index (χ0n) is 16.9. The summed E-state index contributed by atoms with van der Waals surface area (Å²) in [6.07, 6.45) is 3.41. The summed E-state index contributed by atoms with van der Waals surface area (Å²) in [5, 5.41) is 6.49. The molecule has 1 atom stereocenters. The summed E-state index contributed by atoms with van der Waals surface area (Å²) in [6, 6.07) is 4.07. The van der Waals surface area contributed by atoms with Gasteiger partial charge in [0, 0.05) is 11.6 Å². The molecule has 0 radical (unpaired) electrons. The zero-order valence-corrected chi connectivity index (χ0v) is 18.4. The highest BCUT2D eigenvalue weighted by Crippen LogP contribution is 2.21. The Morgan fingerprint density at radius 2 is 1.89 bits per heavy atom. The number of hydrogen-bond acceptors (Lipinski definition) is 3. The van der Waals surface area contributed by atoms with E-state index in [2.05, 4.69) is 22.5 Å². The van der Waals surface area contributed by atoms with Crippen LogP contribution < -0.4 is 10.6 Å². The average Bonchev–Trinajstić information content (AvgIpc) is 2.64. The van der Waals surface area contributed by atoms with Gasteiger partial charge in [0.25, 0.3) is 5.91 Å². The summed E-state index contributed by atoms with van der Waals surface area (Å²) in [6.45, 7) is 9.99. The highest BCUT2D eigenvalue weighted by Gasteiger charge is 2.25. The number of halogens is 2. The lowest BCUT2D eigenvalue weighted by atomic mass is 9.99. The van der Waals surface area contributed by atoms with Crippen molar-refractivity contribution >= 4 is 35.0 Å². The maximum Gasteiger partial charge on any atom is 0.253 e. The van der Waals surface area contributed by atoms with Crippen LogP contribution in [0, 0.1) is 11.8 Å². The minimum absolute atomic E-state index is 0.0430. The summed E-state index contributed by atoms with van der Waals surface area (Å²) in [5.74, 6) is 0.234. The highest BCUT2D eigenvalue weighted by atomic mass is 35.5. The molecule has 0 aromatic heterocycles. The van der Waals surface area contributed by atoms with Gasteiger partial charge in [-0.15, -0.1) is 0 Å². The van der Waals surface area contributed by atoms with E-state index in [1.165, 1.54) is 18.9 Å². The zero-order chi connectivity index (χ0) is 20.7. The predicted molar refractivity (Wildman–Crippen MR) is 115 cm³/mol. The molecule has 28 heavy (non-hydrogen) atoms. The second-order valence-corrected chi connectivity index (χ2v) is 8.83. The van der Waals surface area contributed by atoms with Gasteiger partial charge in [-0.2, -0.15) is 0 Å². The Morgan fingerprint density at radius 3 is 2.50 bits per heavy atom. The van der Waals surface area contributed by atoms with E-state index in [0.29, 0.717) is 17.1 Å². The second kappa shape index (κ2) is 11.0. The first kappa shape index (κ1) is 23.0. The minimum atomic E-state index is -0.616. The lowest BCUT2D eigenvalue weighted by molar-refractivity contribution is -0.123. The van der Waals surface area contributed by atoms with Gasteiger partial charge in [-0.25, -0.2) is 0 Å². The molecule has 0 bridgehead atoms. The molecule has 0 saturated carbocycles. The first-order valence-corrected chi connectivity index (χ1v) is 10.8. The van der Waals surface area contributed by atoms with E-state index in [0.717, 1.165) is 32.0 Å². The van der Waals surface area contributed by atoms with Crippen LogP contribution in [0.1, 0.15) is 50.4 Å². The van der Waals surface area contributed by atoms with Gasteiger partial charge in [0.05, 0.1) is 10.6 Å². The van der Waals surface area contributed by atoms with Crippen LogP contribution in [0.2, 0.25) is 10.0 Å². The molecule has 1 heterocycles. The largest absolute Gasteiger partial charge is 0.354 e. The van der Waals surface area contributed by atoms with Crippen LogP contribution in [0.5, 0.6) is 0 Å². The summed E-state index contributed by atoms with van der Waals surface area (Å²) in [7, 11) is 0. The fourth-order valence-corrected chi connectivity index (χ4v) is 3.83. The van der Waals surface area contributed by atoms with E-state index < -0.39 is 6.04 Å². The van der Waals surface area contributed by atoms with Crippen molar-refractivity contribution in [1.82, 2.24) is 15.5 Å². The summed E-state index contributed by atoms with van der Waals surface area (Å²) < 4.78 is 0. The van der Waals surface area contributed by atoms with E-state index in [9.17, 15) is 9.59 Å². The Hall–Kier alpha value is -1.30. The number of likely N-dealkylation sites (tertiary alicyclic amines) is 1. The van der Waals surface area contributed by atoms with Crippen molar-refractivity contribution in [3.63, 3.8) is 0 Å². The van der Waals surface area contributed by atoms with Crippen molar-refractivity contribution in [2.24, 2.45) is 11.8 Å². The number of hydrogen-bond donors (Lipinski definition) is 2. The van der Waals surface area contributed by atoms with Crippen LogP contribution in [0.3, 0.4) is 0 Å². The molecule has 156 valence electrons. The monoisotopic (exact) mass is 427 g/mol. The molecule has 2 amide bonds. The number of amides is 2. The van der Waals surface area contributed by atoms with E-state index in [-0.39, 0.29) is 22.8 Å². The maximum atomic E-state index is 12.6. The average molecular weight is 428 g/mol. The molecule has 2 rings (SSSR count). The minimum Gasteiger partial charge on any atom is -0.354 e.